The first-order valence-corrected chi connectivity index (χ1v) is 6.62. The first-order valence-electron chi connectivity index (χ1n) is 5.81. The van der Waals surface area contributed by atoms with Gasteiger partial charge in [-0.1, -0.05) is 6.92 Å². The molecule has 1 N–H and O–H groups in total. The van der Waals surface area contributed by atoms with Crippen LogP contribution in [0.2, 0.25) is 0 Å². The molecule has 1 aromatic carbocycles. The first kappa shape index (κ1) is 13.1. The zero-order chi connectivity index (χ0) is 13.0. The highest BCUT2D eigenvalue weighted by Gasteiger charge is 2.13. The maximum Gasteiger partial charge on any atom is 0.260 e. The summed E-state index contributed by atoms with van der Waals surface area (Å²) in [7, 11) is 0. The van der Waals surface area contributed by atoms with Gasteiger partial charge in [0.25, 0.3) is 5.22 Å². The molecule has 2 aromatic rings. The molecule has 0 saturated heterocycles. The third kappa shape index (κ3) is 3.11. The Morgan fingerprint density at radius 3 is 3.00 bits per heavy atom. The van der Waals surface area contributed by atoms with E-state index >= 15 is 0 Å². The van der Waals surface area contributed by atoms with Crippen molar-refractivity contribution >= 4 is 11.8 Å². The molecule has 0 aliphatic rings. The van der Waals surface area contributed by atoms with E-state index in [0.717, 1.165) is 17.0 Å². The minimum atomic E-state index is -0.230. The van der Waals surface area contributed by atoms with Gasteiger partial charge in [0.15, 0.2) is 0 Å². The number of rotatable bonds is 5. The van der Waals surface area contributed by atoms with Gasteiger partial charge in [-0.3, -0.25) is 0 Å². The van der Waals surface area contributed by atoms with Crippen LogP contribution >= 0.6 is 11.8 Å². The van der Waals surface area contributed by atoms with E-state index in [1.165, 1.54) is 24.1 Å². The monoisotopic (exact) mass is 266 g/mol. The Balaban J connectivity index is 2.28. The minimum absolute atomic E-state index is 0.0863. The second-order valence-corrected chi connectivity index (χ2v) is 4.85. The number of hydrogen-bond donors (Lipinski definition) is 1. The molecule has 1 unspecified atom stereocenters. The van der Waals surface area contributed by atoms with E-state index in [2.05, 4.69) is 10.3 Å². The van der Waals surface area contributed by atoms with Crippen LogP contribution < -0.4 is 5.32 Å². The van der Waals surface area contributed by atoms with Gasteiger partial charge in [-0.2, -0.15) is 0 Å². The maximum atomic E-state index is 13.4. The Kier molecular flexibility index (Phi) is 4.38. The molecular formula is C13H15FN2OS. The van der Waals surface area contributed by atoms with E-state index in [9.17, 15) is 4.39 Å². The standard InChI is InChI=1S/C13H15FN2OS/c1-3-15-9(2)11-8-10(14)4-5-12(11)18-13-16-6-7-17-13/h4-9,15H,3H2,1-2H3. The molecule has 0 amide bonds. The Labute approximate surface area is 110 Å². The van der Waals surface area contributed by atoms with E-state index in [1.807, 2.05) is 13.8 Å². The van der Waals surface area contributed by atoms with Crippen LogP contribution in [0, 0.1) is 5.82 Å². The van der Waals surface area contributed by atoms with Crippen molar-refractivity contribution in [1.29, 1.82) is 0 Å². The zero-order valence-corrected chi connectivity index (χ0v) is 11.1. The summed E-state index contributed by atoms with van der Waals surface area (Å²) in [5.41, 5.74) is 0.917. The molecule has 0 aliphatic carbocycles. The lowest BCUT2D eigenvalue weighted by atomic mass is 10.1. The van der Waals surface area contributed by atoms with Crippen molar-refractivity contribution in [2.45, 2.75) is 30.0 Å². The molecule has 1 heterocycles. The quantitative estimate of drug-likeness (QED) is 0.896. The van der Waals surface area contributed by atoms with Crippen LogP contribution in [0.3, 0.4) is 0 Å². The highest BCUT2D eigenvalue weighted by Crippen LogP contribution is 2.32. The fourth-order valence-corrected chi connectivity index (χ4v) is 2.62. The predicted molar refractivity (Wildman–Crippen MR) is 69.1 cm³/mol. The highest BCUT2D eigenvalue weighted by molar-refractivity contribution is 7.99. The van der Waals surface area contributed by atoms with Crippen molar-refractivity contribution in [3.8, 4) is 0 Å². The van der Waals surface area contributed by atoms with Gasteiger partial charge >= 0.3 is 0 Å². The SMILES string of the molecule is CCNC(C)c1cc(F)ccc1Sc1ncco1. The van der Waals surface area contributed by atoms with Crippen molar-refractivity contribution in [2.75, 3.05) is 6.54 Å². The van der Waals surface area contributed by atoms with Crippen molar-refractivity contribution in [3.05, 3.63) is 42.0 Å². The van der Waals surface area contributed by atoms with Crippen LogP contribution in [-0.4, -0.2) is 11.5 Å². The molecule has 2 rings (SSSR count). The number of oxazole rings is 1. The van der Waals surface area contributed by atoms with Crippen LogP contribution in [-0.2, 0) is 0 Å². The predicted octanol–water partition coefficient (Wildman–Crippen LogP) is 3.64. The van der Waals surface area contributed by atoms with Gasteiger partial charge in [0.05, 0.1) is 6.20 Å². The summed E-state index contributed by atoms with van der Waals surface area (Å²) >= 11 is 1.40. The number of benzene rings is 1. The van der Waals surface area contributed by atoms with E-state index in [-0.39, 0.29) is 11.9 Å². The van der Waals surface area contributed by atoms with E-state index in [0.29, 0.717) is 5.22 Å². The van der Waals surface area contributed by atoms with Gasteiger partial charge in [-0.15, -0.1) is 0 Å². The van der Waals surface area contributed by atoms with Crippen molar-refractivity contribution in [1.82, 2.24) is 10.3 Å². The molecule has 1 aromatic heterocycles. The summed E-state index contributed by atoms with van der Waals surface area (Å²) in [5.74, 6) is -0.230. The number of nitrogens with zero attached hydrogens (tertiary/aromatic N) is 1. The lowest BCUT2D eigenvalue weighted by Crippen LogP contribution is -2.18. The average molecular weight is 266 g/mol. The van der Waals surface area contributed by atoms with E-state index < -0.39 is 0 Å². The molecule has 0 spiro atoms. The lowest BCUT2D eigenvalue weighted by molar-refractivity contribution is 0.454. The van der Waals surface area contributed by atoms with Crippen LogP contribution in [0.1, 0.15) is 25.5 Å². The second kappa shape index (κ2) is 6.02. The first-order chi connectivity index (χ1) is 8.70. The Bertz CT molecular complexity index is 502. The van der Waals surface area contributed by atoms with E-state index in [4.69, 9.17) is 4.42 Å². The largest absolute Gasteiger partial charge is 0.440 e. The van der Waals surface area contributed by atoms with Gasteiger partial charge in [0.2, 0.25) is 0 Å². The summed E-state index contributed by atoms with van der Waals surface area (Å²) in [6, 6.07) is 4.85. The second-order valence-electron chi connectivity index (χ2n) is 3.86. The van der Waals surface area contributed by atoms with Crippen molar-refractivity contribution < 1.29 is 8.81 Å². The topological polar surface area (TPSA) is 38.1 Å². The third-order valence-corrected chi connectivity index (χ3v) is 3.52. The van der Waals surface area contributed by atoms with Gasteiger partial charge in [-0.25, -0.2) is 9.37 Å². The molecule has 0 aliphatic heterocycles. The number of nitrogens with one attached hydrogen (secondary N) is 1. The van der Waals surface area contributed by atoms with Crippen LogP contribution in [0.5, 0.6) is 0 Å². The minimum Gasteiger partial charge on any atom is -0.440 e. The Morgan fingerprint density at radius 2 is 2.33 bits per heavy atom. The normalized spacial score (nSPS) is 12.6. The Hall–Kier alpha value is -1.33. The van der Waals surface area contributed by atoms with Crippen molar-refractivity contribution in [3.63, 3.8) is 0 Å². The van der Waals surface area contributed by atoms with Crippen LogP contribution in [0.4, 0.5) is 4.39 Å². The molecular weight excluding hydrogens is 251 g/mol. The summed E-state index contributed by atoms with van der Waals surface area (Å²) in [4.78, 5) is 5.01. The molecule has 0 bridgehead atoms. The smallest absolute Gasteiger partial charge is 0.260 e. The molecule has 18 heavy (non-hydrogen) atoms. The molecule has 0 fully saturated rings. The Morgan fingerprint density at radius 1 is 1.50 bits per heavy atom. The summed E-state index contributed by atoms with van der Waals surface area (Å²) in [5, 5.41) is 3.84. The summed E-state index contributed by atoms with van der Waals surface area (Å²) in [6.45, 7) is 4.87. The van der Waals surface area contributed by atoms with Crippen molar-refractivity contribution in [2.24, 2.45) is 0 Å². The lowest BCUT2D eigenvalue weighted by Gasteiger charge is -2.16. The maximum absolute atomic E-state index is 13.4. The van der Waals surface area contributed by atoms with Gasteiger partial charge < -0.3 is 9.73 Å². The van der Waals surface area contributed by atoms with Crippen LogP contribution in [0.15, 0.2) is 45.2 Å². The fourth-order valence-electron chi connectivity index (χ4n) is 1.72. The molecule has 0 radical (unpaired) electrons. The van der Waals surface area contributed by atoms with Gasteiger partial charge in [0, 0.05) is 10.9 Å². The highest BCUT2D eigenvalue weighted by atomic mass is 32.2. The number of halogens is 1. The molecule has 3 nitrogen and oxygen atoms in total. The number of hydrogen-bond acceptors (Lipinski definition) is 4. The van der Waals surface area contributed by atoms with Gasteiger partial charge in [0.1, 0.15) is 12.1 Å². The molecule has 5 heteroatoms. The number of aromatic nitrogens is 1. The molecule has 96 valence electrons. The average Bonchev–Trinajstić information content (AvgIpc) is 2.84. The molecule has 0 saturated carbocycles. The van der Waals surface area contributed by atoms with E-state index in [1.54, 1.807) is 18.3 Å². The van der Waals surface area contributed by atoms with Crippen LogP contribution in [0.25, 0.3) is 0 Å². The van der Waals surface area contributed by atoms with Gasteiger partial charge in [-0.05, 0) is 49.0 Å². The third-order valence-electron chi connectivity index (χ3n) is 2.56. The fraction of sp³-hybridized carbons (Fsp3) is 0.308. The summed E-state index contributed by atoms with van der Waals surface area (Å²) < 4.78 is 18.6. The molecule has 1 atom stereocenters. The summed E-state index contributed by atoms with van der Waals surface area (Å²) in [6.07, 6.45) is 3.12. The zero-order valence-electron chi connectivity index (χ0n) is 10.3.